The maximum Gasteiger partial charge on any atom is 0.0288 e. The molecule has 3 aromatic rings. The van der Waals surface area contributed by atoms with E-state index in [1.54, 1.807) is 11.8 Å². The van der Waals surface area contributed by atoms with Crippen LogP contribution in [0, 0.1) is 0 Å². The smallest absolute Gasteiger partial charge is 0.0288 e. The van der Waals surface area contributed by atoms with E-state index in [1.807, 2.05) is 0 Å². The highest BCUT2D eigenvalue weighted by Crippen LogP contribution is 2.39. The molecule has 0 fully saturated rings. The molecule has 0 heterocycles. The molecule has 0 N–H and O–H groups in total. The molecular formula is C15H12S2. The molecule has 0 atom stereocenters. The van der Waals surface area contributed by atoms with Crippen LogP contribution in [0.1, 0.15) is 0 Å². The maximum absolute atomic E-state index is 4.70. The van der Waals surface area contributed by atoms with Crippen LogP contribution in [0.5, 0.6) is 0 Å². The molecule has 2 heteroatoms. The third-order valence-corrected chi connectivity index (χ3v) is 4.51. The van der Waals surface area contributed by atoms with Gasteiger partial charge in [0.05, 0.1) is 0 Å². The van der Waals surface area contributed by atoms with Crippen molar-refractivity contribution < 1.29 is 0 Å². The Morgan fingerprint density at radius 3 is 1.82 bits per heavy atom. The Labute approximate surface area is 110 Å². The fourth-order valence-electron chi connectivity index (χ4n) is 2.30. The van der Waals surface area contributed by atoms with Gasteiger partial charge in [0.15, 0.2) is 0 Å². The zero-order valence-electron chi connectivity index (χ0n) is 9.47. The lowest BCUT2D eigenvalue weighted by Gasteiger charge is -2.12. The molecule has 0 saturated heterocycles. The van der Waals surface area contributed by atoms with Gasteiger partial charge < -0.3 is 0 Å². The van der Waals surface area contributed by atoms with E-state index in [2.05, 4.69) is 54.8 Å². The molecule has 0 unspecified atom stereocenters. The molecule has 84 valence electrons. The normalized spacial score (nSPS) is 11.2. The van der Waals surface area contributed by atoms with E-state index in [1.165, 1.54) is 26.4 Å². The first-order valence-electron chi connectivity index (χ1n) is 5.49. The molecule has 0 amide bonds. The number of hydrogen-bond acceptors (Lipinski definition) is 2. The van der Waals surface area contributed by atoms with Crippen molar-refractivity contribution in [1.29, 1.82) is 0 Å². The number of benzene rings is 3. The van der Waals surface area contributed by atoms with Crippen molar-refractivity contribution >= 4 is 45.9 Å². The standard InChI is InChI=1S/C15H12S2/c1-17-15-13-9-5-3-7-11(13)10-6-2-4-8-12(10)14(15)16/h2-9,16H,1H3. The second kappa shape index (κ2) is 4.28. The van der Waals surface area contributed by atoms with Crippen LogP contribution in [0.25, 0.3) is 21.5 Å². The fourth-order valence-corrected chi connectivity index (χ4v) is 3.59. The topological polar surface area (TPSA) is 0 Å². The molecule has 0 radical (unpaired) electrons. The summed E-state index contributed by atoms with van der Waals surface area (Å²) in [5.41, 5.74) is 0. The van der Waals surface area contributed by atoms with Gasteiger partial charge in [-0.1, -0.05) is 48.5 Å². The highest BCUT2D eigenvalue weighted by Gasteiger charge is 2.10. The molecule has 0 aliphatic carbocycles. The number of rotatable bonds is 1. The largest absolute Gasteiger partial charge is 0.142 e. The van der Waals surface area contributed by atoms with Gasteiger partial charge in [0.1, 0.15) is 0 Å². The summed E-state index contributed by atoms with van der Waals surface area (Å²) in [5, 5.41) is 5.12. The molecule has 0 aliphatic rings. The van der Waals surface area contributed by atoms with Gasteiger partial charge in [0.25, 0.3) is 0 Å². The lowest BCUT2D eigenvalue weighted by Crippen LogP contribution is -1.84. The average molecular weight is 256 g/mol. The van der Waals surface area contributed by atoms with Crippen molar-refractivity contribution in [1.82, 2.24) is 0 Å². The summed E-state index contributed by atoms with van der Waals surface area (Å²) in [6.07, 6.45) is 2.11. The quantitative estimate of drug-likeness (QED) is 0.363. The predicted molar refractivity (Wildman–Crippen MR) is 80.5 cm³/mol. The lowest BCUT2D eigenvalue weighted by atomic mass is 10.0. The van der Waals surface area contributed by atoms with Gasteiger partial charge in [-0.05, 0) is 27.8 Å². The van der Waals surface area contributed by atoms with E-state index in [-0.39, 0.29) is 0 Å². The number of thiol groups is 1. The Hall–Kier alpha value is -1.12. The first kappa shape index (κ1) is 11.0. The van der Waals surface area contributed by atoms with E-state index >= 15 is 0 Å². The van der Waals surface area contributed by atoms with Crippen LogP contribution in [0.3, 0.4) is 0 Å². The summed E-state index contributed by atoms with van der Waals surface area (Å²) >= 11 is 6.46. The highest BCUT2D eigenvalue weighted by molar-refractivity contribution is 7.99. The van der Waals surface area contributed by atoms with E-state index < -0.39 is 0 Å². The minimum absolute atomic E-state index is 1.09. The second-order valence-corrected chi connectivity index (χ2v) is 5.24. The van der Waals surface area contributed by atoms with Gasteiger partial charge in [-0.15, -0.1) is 24.4 Å². The van der Waals surface area contributed by atoms with E-state index in [0.29, 0.717) is 0 Å². The Balaban J connectivity index is 2.64. The molecule has 0 nitrogen and oxygen atoms in total. The number of hydrogen-bond donors (Lipinski definition) is 1. The van der Waals surface area contributed by atoms with Gasteiger partial charge in [-0.25, -0.2) is 0 Å². The molecule has 0 aromatic heterocycles. The van der Waals surface area contributed by atoms with Crippen molar-refractivity contribution in [3.8, 4) is 0 Å². The minimum atomic E-state index is 1.09. The Morgan fingerprint density at radius 2 is 1.24 bits per heavy atom. The summed E-state index contributed by atoms with van der Waals surface area (Å²) in [6, 6.07) is 17.0. The average Bonchev–Trinajstić information content (AvgIpc) is 2.40. The van der Waals surface area contributed by atoms with Gasteiger partial charge in [-0.2, -0.15) is 0 Å². The third kappa shape index (κ3) is 1.63. The third-order valence-electron chi connectivity index (χ3n) is 3.06. The minimum Gasteiger partial charge on any atom is -0.142 e. The van der Waals surface area contributed by atoms with Crippen molar-refractivity contribution in [2.75, 3.05) is 6.26 Å². The highest BCUT2D eigenvalue weighted by atomic mass is 32.2. The molecule has 0 aliphatic heterocycles. The summed E-state index contributed by atoms with van der Waals surface area (Å²) in [7, 11) is 0. The molecule has 3 rings (SSSR count). The summed E-state index contributed by atoms with van der Waals surface area (Å²) in [5.74, 6) is 0. The first-order valence-corrected chi connectivity index (χ1v) is 7.16. The van der Waals surface area contributed by atoms with Crippen LogP contribution in [0.15, 0.2) is 58.3 Å². The molecular weight excluding hydrogens is 244 g/mol. The predicted octanol–water partition coefficient (Wildman–Crippen LogP) is 5.00. The molecule has 3 aromatic carbocycles. The molecule has 0 bridgehead atoms. The molecule has 0 spiro atoms. The summed E-state index contributed by atoms with van der Waals surface area (Å²) in [4.78, 5) is 2.36. The van der Waals surface area contributed by atoms with Crippen LogP contribution in [0.2, 0.25) is 0 Å². The van der Waals surface area contributed by atoms with Crippen molar-refractivity contribution in [2.45, 2.75) is 9.79 Å². The number of thioether (sulfide) groups is 1. The second-order valence-electron chi connectivity index (χ2n) is 3.97. The van der Waals surface area contributed by atoms with Crippen LogP contribution < -0.4 is 0 Å². The van der Waals surface area contributed by atoms with E-state index in [0.717, 1.165) is 4.90 Å². The first-order chi connectivity index (χ1) is 8.33. The zero-order chi connectivity index (χ0) is 11.8. The van der Waals surface area contributed by atoms with Crippen LogP contribution >= 0.6 is 24.4 Å². The van der Waals surface area contributed by atoms with Gasteiger partial charge >= 0.3 is 0 Å². The van der Waals surface area contributed by atoms with Crippen molar-refractivity contribution in [3.05, 3.63) is 48.5 Å². The van der Waals surface area contributed by atoms with Gasteiger partial charge in [0.2, 0.25) is 0 Å². The van der Waals surface area contributed by atoms with Gasteiger partial charge in [0, 0.05) is 9.79 Å². The van der Waals surface area contributed by atoms with E-state index in [9.17, 15) is 0 Å². The molecule has 0 saturated carbocycles. The number of fused-ring (bicyclic) bond motifs is 3. The van der Waals surface area contributed by atoms with Crippen molar-refractivity contribution in [3.63, 3.8) is 0 Å². The SMILES string of the molecule is CSc1c(S)c2ccccc2c2ccccc12. The maximum atomic E-state index is 4.70. The molecule has 17 heavy (non-hydrogen) atoms. The van der Waals surface area contributed by atoms with Crippen molar-refractivity contribution in [2.24, 2.45) is 0 Å². The lowest BCUT2D eigenvalue weighted by molar-refractivity contribution is 1.37. The zero-order valence-corrected chi connectivity index (χ0v) is 11.2. The van der Waals surface area contributed by atoms with Gasteiger partial charge in [-0.3, -0.25) is 0 Å². The van der Waals surface area contributed by atoms with Crippen LogP contribution in [0.4, 0.5) is 0 Å². The Kier molecular flexibility index (Phi) is 2.77. The Morgan fingerprint density at radius 1 is 0.765 bits per heavy atom. The van der Waals surface area contributed by atoms with Crippen LogP contribution in [-0.4, -0.2) is 6.26 Å². The Bertz CT molecular complexity index is 702. The van der Waals surface area contributed by atoms with E-state index in [4.69, 9.17) is 12.6 Å². The fraction of sp³-hybridized carbons (Fsp3) is 0.0667. The van der Waals surface area contributed by atoms with Crippen LogP contribution in [-0.2, 0) is 0 Å². The summed E-state index contributed by atoms with van der Waals surface area (Å²) in [6.45, 7) is 0. The summed E-state index contributed by atoms with van der Waals surface area (Å²) < 4.78 is 0. The monoisotopic (exact) mass is 256 g/mol.